The Labute approximate surface area is 113 Å². The van der Waals surface area contributed by atoms with Crippen LogP contribution in [0.25, 0.3) is 0 Å². The molecule has 0 bridgehead atoms. The third-order valence-corrected chi connectivity index (χ3v) is 2.71. The maximum atomic E-state index is 11.5. The van der Waals surface area contributed by atoms with E-state index in [0.717, 1.165) is 6.42 Å². The summed E-state index contributed by atoms with van der Waals surface area (Å²) >= 11 is 3.21. The molecule has 18 heavy (non-hydrogen) atoms. The Morgan fingerprint density at radius 1 is 1.56 bits per heavy atom. The molecule has 0 fully saturated rings. The zero-order chi connectivity index (χ0) is 13.5. The van der Waals surface area contributed by atoms with Gasteiger partial charge in [-0.25, -0.2) is 0 Å². The van der Waals surface area contributed by atoms with E-state index >= 15 is 0 Å². The molecule has 1 rings (SSSR count). The first-order valence-electron chi connectivity index (χ1n) is 5.36. The third-order valence-electron chi connectivity index (χ3n) is 2.02. The highest BCUT2D eigenvalue weighted by Gasteiger charge is 2.11. The molecule has 1 aromatic rings. The van der Waals surface area contributed by atoms with Gasteiger partial charge in [0.05, 0.1) is 10.6 Å². The Kier molecular flexibility index (Phi) is 5.73. The Morgan fingerprint density at radius 2 is 2.28 bits per heavy atom. The van der Waals surface area contributed by atoms with Crippen LogP contribution >= 0.6 is 15.9 Å². The number of ether oxygens (including phenoxy) is 1. The molecule has 1 N–H and O–H groups in total. The number of hydrogen-bond acceptors (Lipinski definition) is 4. The molecule has 0 aliphatic rings. The minimum absolute atomic E-state index is 0.0665. The van der Waals surface area contributed by atoms with Gasteiger partial charge in [-0.2, -0.15) is 0 Å². The van der Waals surface area contributed by atoms with Crippen LogP contribution in [0.4, 0.5) is 11.4 Å². The molecule has 0 unspecified atom stereocenters. The first kappa shape index (κ1) is 14.6. The molecule has 0 aliphatic carbocycles. The Morgan fingerprint density at radius 3 is 2.89 bits per heavy atom. The molecule has 0 aliphatic heterocycles. The van der Waals surface area contributed by atoms with E-state index in [1.165, 1.54) is 18.2 Å². The largest absolute Gasteiger partial charge is 0.372 e. The van der Waals surface area contributed by atoms with Gasteiger partial charge in [0.15, 0.2) is 0 Å². The van der Waals surface area contributed by atoms with Crippen molar-refractivity contribution in [3.05, 3.63) is 32.8 Å². The number of nitrogens with one attached hydrogen (secondary N) is 1. The van der Waals surface area contributed by atoms with Gasteiger partial charge in [-0.3, -0.25) is 14.9 Å². The predicted octanol–water partition coefficient (Wildman–Crippen LogP) is 2.72. The van der Waals surface area contributed by atoms with E-state index in [9.17, 15) is 14.9 Å². The van der Waals surface area contributed by atoms with Crippen molar-refractivity contribution in [1.82, 2.24) is 0 Å². The van der Waals surface area contributed by atoms with Crippen molar-refractivity contribution in [3.8, 4) is 0 Å². The van der Waals surface area contributed by atoms with E-state index in [1.807, 2.05) is 6.92 Å². The van der Waals surface area contributed by atoms with Crippen LogP contribution in [-0.2, 0) is 9.53 Å². The van der Waals surface area contributed by atoms with Crippen molar-refractivity contribution in [2.45, 2.75) is 13.3 Å². The van der Waals surface area contributed by atoms with E-state index in [1.54, 1.807) is 0 Å². The van der Waals surface area contributed by atoms with E-state index in [4.69, 9.17) is 4.74 Å². The lowest BCUT2D eigenvalue weighted by Gasteiger charge is -2.07. The first-order valence-corrected chi connectivity index (χ1v) is 6.15. The molecular formula is C11H13BrN2O4. The summed E-state index contributed by atoms with van der Waals surface area (Å²) in [5, 5.41) is 13.2. The van der Waals surface area contributed by atoms with Crippen LogP contribution in [0, 0.1) is 10.1 Å². The fourth-order valence-corrected chi connectivity index (χ4v) is 1.56. The highest BCUT2D eigenvalue weighted by molar-refractivity contribution is 9.10. The molecule has 0 aromatic heterocycles. The number of non-ortho nitro benzene ring substituents is 1. The van der Waals surface area contributed by atoms with Crippen molar-refractivity contribution < 1.29 is 14.5 Å². The quantitative estimate of drug-likeness (QED) is 0.497. The number of amides is 1. The molecule has 0 spiro atoms. The SMILES string of the molecule is CCCOCC(=O)Nc1cc([N+](=O)[O-])ccc1Br. The first-order chi connectivity index (χ1) is 8.54. The van der Waals surface area contributed by atoms with Crippen LogP contribution in [0.2, 0.25) is 0 Å². The monoisotopic (exact) mass is 316 g/mol. The smallest absolute Gasteiger partial charge is 0.271 e. The molecule has 7 heteroatoms. The summed E-state index contributed by atoms with van der Waals surface area (Å²) in [4.78, 5) is 21.6. The third kappa shape index (κ3) is 4.42. The highest BCUT2D eigenvalue weighted by atomic mass is 79.9. The number of nitrogens with zero attached hydrogens (tertiary/aromatic N) is 1. The zero-order valence-electron chi connectivity index (χ0n) is 9.81. The fourth-order valence-electron chi connectivity index (χ4n) is 1.22. The van der Waals surface area contributed by atoms with Crippen molar-refractivity contribution in [1.29, 1.82) is 0 Å². The summed E-state index contributed by atoms with van der Waals surface area (Å²) in [5.41, 5.74) is 0.275. The van der Waals surface area contributed by atoms with Gasteiger partial charge in [-0.1, -0.05) is 6.92 Å². The fraction of sp³-hybridized carbons (Fsp3) is 0.364. The maximum Gasteiger partial charge on any atom is 0.271 e. The zero-order valence-corrected chi connectivity index (χ0v) is 11.4. The number of carbonyl (C=O) groups excluding carboxylic acids is 1. The van der Waals surface area contributed by atoms with Gasteiger partial charge in [0.25, 0.3) is 5.69 Å². The van der Waals surface area contributed by atoms with Crippen LogP contribution in [-0.4, -0.2) is 24.0 Å². The second-order valence-electron chi connectivity index (χ2n) is 3.52. The summed E-state index contributed by atoms with van der Waals surface area (Å²) in [6, 6.07) is 4.16. The minimum atomic E-state index is -0.518. The number of benzene rings is 1. The molecule has 1 aromatic carbocycles. The van der Waals surface area contributed by atoms with Gasteiger partial charge in [0.1, 0.15) is 6.61 Å². The average Bonchev–Trinajstić information content (AvgIpc) is 2.32. The van der Waals surface area contributed by atoms with Gasteiger partial charge < -0.3 is 10.1 Å². The lowest BCUT2D eigenvalue weighted by molar-refractivity contribution is -0.384. The van der Waals surface area contributed by atoms with Crippen LogP contribution in [0.15, 0.2) is 22.7 Å². The van der Waals surface area contributed by atoms with Gasteiger partial charge in [0.2, 0.25) is 5.91 Å². The minimum Gasteiger partial charge on any atom is -0.372 e. The van der Waals surface area contributed by atoms with E-state index in [2.05, 4.69) is 21.2 Å². The molecule has 6 nitrogen and oxygen atoms in total. The number of nitro benzene ring substituents is 1. The Bertz CT molecular complexity index is 451. The van der Waals surface area contributed by atoms with Crippen molar-refractivity contribution in [2.75, 3.05) is 18.5 Å². The van der Waals surface area contributed by atoms with Crippen LogP contribution in [0.5, 0.6) is 0 Å². The topological polar surface area (TPSA) is 81.5 Å². The summed E-state index contributed by atoms with van der Waals surface area (Å²) < 4.78 is 5.65. The molecule has 0 atom stereocenters. The molecule has 98 valence electrons. The number of nitro groups is 1. The van der Waals surface area contributed by atoms with Crippen LogP contribution < -0.4 is 5.32 Å². The average molecular weight is 317 g/mol. The molecular weight excluding hydrogens is 304 g/mol. The van der Waals surface area contributed by atoms with Crippen molar-refractivity contribution in [3.63, 3.8) is 0 Å². The molecule has 0 heterocycles. The number of carbonyl (C=O) groups is 1. The molecule has 0 saturated carbocycles. The Hall–Kier alpha value is -1.47. The number of hydrogen-bond donors (Lipinski definition) is 1. The molecule has 0 radical (unpaired) electrons. The summed E-state index contributed by atoms with van der Waals surface area (Å²) in [5.74, 6) is -0.343. The molecule has 0 saturated heterocycles. The van der Waals surface area contributed by atoms with E-state index in [0.29, 0.717) is 16.8 Å². The normalized spacial score (nSPS) is 10.1. The lowest BCUT2D eigenvalue weighted by Crippen LogP contribution is -2.18. The number of anilines is 1. The second kappa shape index (κ2) is 7.07. The molecule has 1 amide bonds. The number of halogens is 1. The summed E-state index contributed by atoms with van der Waals surface area (Å²) in [7, 11) is 0. The maximum absolute atomic E-state index is 11.5. The van der Waals surface area contributed by atoms with Crippen LogP contribution in [0.1, 0.15) is 13.3 Å². The predicted molar refractivity (Wildman–Crippen MR) is 70.5 cm³/mol. The lowest BCUT2D eigenvalue weighted by atomic mass is 10.3. The van der Waals surface area contributed by atoms with Gasteiger partial charge >= 0.3 is 0 Å². The van der Waals surface area contributed by atoms with E-state index < -0.39 is 4.92 Å². The summed E-state index contributed by atoms with van der Waals surface area (Å²) in [6.45, 7) is 2.38. The van der Waals surface area contributed by atoms with Crippen molar-refractivity contribution >= 4 is 33.2 Å². The van der Waals surface area contributed by atoms with E-state index in [-0.39, 0.29) is 18.2 Å². The van der Waals surface area contributed by atoms with Crippen LogP contribution in [0.3, 0.4) is 0 Å². The Balaban J connectivity index is 2.68. The second-order valence-corrected chi connectivity index (χ2v) is 4.38. The number of rotatable bonds is 6. The summed E-state index contributed by atoms with van der Waals surface area (Å²) in [6.07, 6.45) is 0.827. The highest BCUT2D eigenvalue weighted by Crippen LogP contribution is 2.26. The van der Waals surface area contributed by atoms with Gasteiger partial charge in [-0.05, 0) is 28.4 Å². The van der Waals surface area contributed by atoms with Crippen molar-refractivity contribution in [2.24, 2.45) is 0 Å². The van der Waals surface area contributed by atoms with Gasteiger partial charge in [-0.15, -0.1) is 0 Å². The standard InChI is InChI=1S/C11H13BrN2O4/c1-2-5-18-7-11(15)13-10-6-8(14(16)17)3-4-9(10)12/h3-4,6H,2,5,7H2,1H3,(H,13,15). The van der Waals surface area contributed by atoms with Gasteiger partial charge in [0, 0.05) is 23.2 Å².